The topological polar surface area (TPSA) is 99.0 Å². The van der Waals surface area contributed by atoms with Gasteiger partial charge in [0, 0.05) is 24.0 Å². The molecule has 8 nitrogen and oxygen atoms in total. The first-order valence-corrected chi connectivity index (χ1v) is 8.97. The van der Waals surface area contributed by atoms with E-state index < -0.39 is 11.9 Å². The summed E-state index contributed by atoms with van der Waals surface area (Å²) >= 11 is 0. The highest BCUT2D eigenvalue weighted by atomic mass is 16.5. The first-order valence-electron chi connectivity index (χ1n) is 8.97. The molecule has 1 aromatic carbocycles. The predicted molar refractivity (Wildman–Crippen MR) is 106 cm³/mol. The quantitative estimate of drug-likeness (QED) is 0.645. The lowest BCUT2D eigenvalue weighted by molar-refractivity contribution is -0.116. The van der Waals surface area contributed by atoms with Gasteiger partial charge in [-0.05, 0) is 43.7 Å². The molecule has 29 heavy (non-hydrogen) atoms. The number of nitrogens with zero attached hydrogens (tertiary/aromatic N) is 2. The molecule has 2 aromatic heterocycles. The molecule has 0 aliphatic heterocycles. The van der Waals surface area contributed by atoms with Crippen molar-refractivity contribution in [1.82, 2.24) is 9.38 Å². The van der Waals surface area contributed by atoms with Crippen LogP contribution in [0, 0.1) is 6.92 Å². The zero-order chi connectivity index (χ0) is 21.0. The lowest BCUT2D eigenvalue weighted by Gasteiger charge is -2.10. The molecule has 8 heteroatoms. The molecular weight excluding hydrogens is 374 g/mol. The SMILES string of the molecule is COC(=O)c1cc(NC(=O)CCc2c(C)nc3ccccn23)cc(C(=O)OC)c1. The van der Waals surface area contributed by atoms with Crippen LogP contribution in [0.1, 0.15) is 38.5 Å². The van der Waals surface area contributed by atoms with Crippen molar-refractivity contribution in [1.29, 1.82) is 0 Å². The van der Waals surface area contributed by atoms with E-state index in [0.29, 0.717) is 12.1 Å². The smallest absolute Gasteiger partial charge is 0.337 e. The van der Waals surface area contributed by atoms with Crippen LogP contribution in [-0.4, -0.2) is 41.5 Å². The van der Waals surface area contributed by atoms with Gasteiger partial charge < -0.3 is 19.2 Å². The first-order chi connectivity index (χ1) is 13.9. The zero-order valence-corrected chi connectivity index (χ0v) is 16.4. The number of aromatic nitrogens is 2. The lowest BCUT2D eigenvalue weighted by Crippen LogP contribution is -2.15. The maximum Gasteiger partial charge on any atom is 0.337 e. The lowest BCUT2D eigenvalue weighted by atomic mass is 10.1. The summed E-state index contributed by atoms with van der Waals surface area (Å²) in [4.78, 5) is 40.7. The number of imidazole rings is 1. The second-order valence-corrected chi connectivity index (χ2v) is 6.40. The Morgan fingerprint density at radius 2 is 1.69 bits per heavy atom. The number of anilines is 1. The van der Waals surface area contributed by atoms with Gasteiger partial charge in [0.25, 0.3) is 0 Å². The molecule has 0 saturated carbocycles. The standard InChI is InChI=1S/C21H21N3O5/c1-13-17(24-9-5-4-6-18(24)22-13)7-8-19(25)23-16-11-14(20(26)28-2)10-15(12-16)21(27)29-3/h4-6,9-12H,7-8H2,1-3H3,(H,23,25). The van der Waals surface area contributed by atoms with Gasteiger partial charge in [-0.25, -0.2) is 14.6 Å². The van der Waals surface area contributed by atoms with Gasteiger partial charge in [0.05, 0.1) is 31.0 Å². The van der Waals surface area contributed by atoms with E-state index in [1.807, 2.05) is 35.7 Å². The van der Waals surface area contributed by atoms with E-state index in [9.17, 15) is 14.4 Å². The van der Waals surface area contributed by atoms with Gasteiger partial charge in [-0.15, -0.1) is 0 Å². The van der Waals surface area contributed by atoms with E-state index in [1.165, 1.54) is 32.4 Å². The molecular formula is C21H21N3O5. The van der Waals surface area contributed by atoms with Gasteiger partial charge in [0.1, 0.15) is 5.65 Å². The maximum absolute atomic E-state index is 12.5. The fourth-order valence-corrected chi connectivity index (χ4v) is 3.09. The monoisotopic (exact) mass is 395 g/mol. The Kier molecular flexibility index (Phi) is 5.92. The van der Waals surface area contributed by atoms with Crippen molar-refractivity contribution >= 4 is 29.2 Å². The molecule has 2 heterocycles. The van der Waals surface area contributed by atoms with Gasteiger partial charge in [-0.2, -0.15) is 0 Å². The number of esters is 2. The third kappa shape index (κ3) is 4.43. The van der Waals surface area contributed by atoms with Crippen molar-refractivity contribution in [2.45, 2.75) is 19.8 Å². The van der Waals surface area contributed by atoms with E-state index in [0.717, 1.165) is 17.0 Å². The number of hydrogen-bond donors (Lipinski definition) is 1. The van der Waals surface area contributed by atoms with Gasteiger partial charge in [0.15, 0.2) is 0 Å². The van der Waals surface area contributed by atoms with Crippen LogP contribution in [0.2, 0.25) is 0 Å². The maximum atomic E-state index is 12.5. The van der Waals surface area contributed by atoms with Crippen LogP contribution in [0.3, 0.4) is 0 Å². The van der Waals surface area contributed by atoms with Gasteiger partial charge in [0.2, 0.25) is 5.91 Å². The summed E-state index contributed by atoms with van der Waals surface area (Å²) in [7, 11) is 2.48. The van der Waals surface area contributed by atoms with E-state index >= 15 is 0 Å². The normalized spacial score (nSPS) is 10.6. The molecule has 0 aliphatic carbocycles. The summed E-state index contributed by atoms with van der Waals surface area (Å²) in [6, 6.07) is 9.99. The van der Waals surface area contributed by atoms with Gasteiger partial charge in [-0.1, -0.05) is 6.07 Å². The summed E-state index contributed by atoms with van der Waals surface area (Å²) in [5.41, 5.74) is 3.24. The van der Waals surface area contributed by atoms with Crippen LogP contribution in [0.15, 0.2) is 42.6 Å². The largest absolute Gasteiger partial charge is 0.465 e. The average molecular weight is 395 g/mol. The van der Waals surface area contributed by atoms with E-state index in [4.69, 9.17) is 9.47 Å². The molecule has 0 radical (unpaired) electrons. The molecule has 0 spiro atoms. The Bertz CT molecular complexity index is 1050. The molecule has 0 saturated heterocycles. The van der Waals surface area contributed by atoms with Gasteiger partial charge >= 0.3 is 11.9 Å². The number of methoxy groups -OCH3 is 2. The molecule has 3 rings (SSSR count). The molecule has 0 fully saturated rings. The zero-order valence-electron chi connectivity index (χ0n) is 16.4. The van der Waals surface area contributed by atoms with Crippen molar-refractivity contribution < 1.29 is 23.9 Å². The predicted octanol–water partition coefficient (Wildman–Crippen LogP) is 2.79. The summed E-state index contributed by atoms with van der Waals surface area (Å²) in [6.45, 7) is 1.91. The number of nitrogens with one attached hydrogen (secondary N) is 1. The Morgan fingerprint density at radius 1 is 1.03 bits per heavy atom. The minimum atomic E-state index is -0.618. The third-order valence-corrected chi connectivity index (χ3v) is 4.48. The number of fused-ring (bicyclic) bond motifs is 1. The Labute approximate surface area is 167 Å². The first kappa shape index (κ1) is 20.1. The number of hydrogen-bond acceptors (Lipinski definition) is 6. The van der Waals surface area contributed by atoms with Gasteiger partial charge in [-0.3, -0.25) is 4.79 Å². The minimum absolute atomic E-state index is 0.142. The van der Waals surface area contributed by atoms with Crippen LogP contribution in [0.5, 0.6) is 0 Å². The van der Waals surface area contributed by atoms with Crippen molar-refractivity contribution in [2.75, 3.05) is 19.5 Å². The molecule has 0 aliphatic rings. The number of rotatable bonds is 6. The minimum Gasteiger partial charge on any atom is -0.465 e. The van der Waals surface area contributed by atoms with Crippen molar-refractivity contribution in [2.24, 2.45) is 0 Å². The summed E-state index contributed by atoms with van der Waals surface area (Å²) in [6.07, 6.45) is 2.61. The van der Waals surface area contributed by atoms with Crippen molar-refractivity contribution in [3.8, 4) is 0 Å². The average Bonchev–Trinajstić information content (AvgIpc) is 3.05. The van der Waals surface area contributed by atoms with Crippen LogP contribution in [0.25, 0.3) is 5.65 Å². The van der Waals surface area contributed by atoms with Crippen LogP contribution in [-0.2, 0) is 20.7 Å². The molecule has 1 amide bonds. The molecule has 0 atom stereocenters. The van der Waals surface area contributed by atoms with Crippen LogP contribution < -0.4 is 5.32 Å². The number of carbonyl (C=O) groups excluding carboxylic acids is 3. The summed E-state index contributed by atoms with van der Waals surface area (Å²) in [5, 5.41) is 2.73. The Balaban J connectivity index is 1.76. The van der Waals surface area contributed by atoms with E-state index in [2.05, 4.69) is 10.3 Å². The van der Waals surface area contributed by atoms with Crippen LogP contribution >= 0.6 is 0 Å². The highest BCUT2D eigenvalue weighted by Gasteiger charge is 2.16. The third-order valence-electron chi connectivity index (χ3n) is 4.48. The van der Waals surface area contributed by atoms with E-state index in [1.54, 1.807) is 0 Å². The van der Waals surface area contributed by atoms with Crippen molar-refractivity contribution in [3.05, 3.63) is 65.1 Å². The Morgan fingerprint density at radius 3 is 2.31 bits per heavy atom. The summed E-state index contributed by atoms with van der Waals surface area (Å²) < 4.78 is 11.4. The number of carbonyl (C=O) groups is 3. The highest BCUT2D eigenvalue weighted by molar-refractivity contribution is 5.99. The molecule has 0 unspecified atom stereocenters. The fourth-order valence-electron chi connectivity index (χ4n) is 3.09. The van der Waals surface area contributed by atoms with Crippen molar-refractivity contribution in [3.63, 3.8) is 0 Å². The molecule has 0 bridgehead atoms. The van der Waals surface area contributed by atoms with Crippen LogP contribution in [0.4, 0.5) is 5.69 Å². The second kappa shape index (κ2) is 8.55. The second-order valence-electron chi connectivity index (χ2n) is 6.40. The number of aryl methyl sites for hydroxylation is 2. The Hall–Kier alpha value is -3.68. The number of benzene rings is 1. The summed E-state index contributed by atoms with van der Waals surface area (Å²) in [5.74, 6) is -1.49. The molecule has 3 aromatic rings. The number of amides is 1. The van der Waals surface area contributed by atoms with E-state index in [-0.39, 0.29) is 23.5 Å². The highest BCUT2D eigenvalue weighted by Crippen LogP contribution is 2.18. The number of pyridine rings is 1. The molecule has 1 N–H and O–H groups in total. The fraction of sp³-hybridized carbons (Fsp3) is 0.238. The molecule has 150 valence electrons. The number of ether oxygens (including phenoxy) is 2.